The Morgan fingerprint density at radius 2 is 1.42 bits per heavy atom. The molecular formula is C16H11N5O2S. The summed E-state index contributed by atoms with van der Waals surface area (Å²) in [5, 5.41) is 7.97. The summed E-state index contributed by atoms with van der Waals surface area (Å²) < 4.78 is 3.13. The van der Waals surface area contributed by atoms with E-state index in [1.807, 2.05) is 30.3 Å². The third-order valence-electron chi connectivity index (χ3n) is 3.79. The highest BCUT2D eigenvalue weighted by atomic mass is 32.1. The van der Waals surface area contributed by atoms with Gasteiger partial charge in [0.15, 0.2) is 0 Å². The number of fused-ring (bicyclic) bond motifs is 1. The van der Waals surface area contributed by atoms with Crippen LogP contribution in [0.4, 0.5) is 0 Å². The molecule has 0 spiro atoms. The maximum absolute atomic E-state index is 12.4. The first-order valence-electron chi connectivity index (χ1n) is 7.20. The number of imide groups is 1. The molecule has 8 heteroatoms. The molecule has 7 nitrogen and oxygen atoms in total. The van der Waals surface area contributed by atoms with Crippen LogP contribution in [0.3, 0.4) is 0 Å². The van der Waals surface area contributed by atoms with Gasteiger partial charge in [-0.15, -0.1) is 0 Å². The topological polar surface area (TPSA) is 73.0 Å². The van der Waals surface area contributed by atoms with Gasteiger partial charge in [-0.05, 0) is 46.9 Å². The van der Waals surface area contributed by atoms with Crippen LogP contribution in [0.25, 0.3) is 5.69 Å². The Hall–Kier alpha value is -3.13. The third-order valence-corrected chi connectivity index (χ3v) is 4.18. The first-order chi connectivity index (χ1) is 11.7. The number of nitrogens with zero attached hydrogens (tertiary/aromatic N) is 5. The number of carbonyl (C=O) groups is 2. The average molecular weight is 337 g/mol. The van der Waals surface area contributed by atoms with Crippen molar-refractivity contribution in [2.24, 2.45) is 0 Å². The lowest BCUT2D eigenvalue weighted by Gasteiger charge is -2.12. The average Bonchev–Trinajstić information content (AvgIpc) is 3.10. The second-order valence-electron chi connectivity index (χ2n) is 5.23. The molecule has 2 aromatic carbocycles. The first-order valence-corrected chi connectivity index (χ1v) is 7.61. The minimum atomic E-state index is -0.355. The molecule has 0 saturated heterocycles. The molecule has 0 N–H and O–H groups in total. The van der Waals surface area contributed by atoms with E-state index >= 15 is 0 Å². The van der Waals surface area contributed by atoms with Crippen LogP contribution in [0.15, 0.2) is 54.6 Å². The van der Waals surface area contributed by atoms with Crippen molar-refractivity contribution in [3.63, 3.8) is 0 Å². The number of benzene rings is 2. The molecule has 24 heavy (non-hydrogen) atoms. The lowest BCUT2D eigenvalue weighted by molar-refractivity contribution is 0.0595. The molecule has 0 atom stereocenters. The highest BCUT2D eigenvalue weighted by Crippen LogP contribution is 2.22. The Bertz CT molecular complexity index is 974. The lowest BCUT2D eigenvalue weighted by Crippen LogP contribution is -2.32. The van der Waals surface area contributed by atoms with E-state index in [1.54, 1.807) is 24.3 Å². The number of carbonyl (C=O) groups excluding carboxylic acids is 2. The summed E-state index contributed by atoms with van der Waals surface area (Å²) >= 11 is 5.36. The molecule has 0 radical (unpaired) electrons. The highest BCUT2D eigenvalue weighted by Gasteiger charge is 2.35. The molecule has 2 heterocycles. The number of amides is 2. The standard InChI is InChI=1S/C16H11N5O2S/c22-14-12-8-4-5-9-13(12)15(23)19(14)10-20-16(24)21(18-17-20)11-6-2-1-3-7-11/h1-9H,10H2. The molecule has 118 valence electrons. The number of hydrogen-bond donors (Lipinski definition) is 0. The number of rotatable bonds is 3. The van der Waals surface area contributed by atoms with Gasteiger partial charge in [0.25, 0.3) is 11.8 Å². The van der Waals surface area contributed by atoms with Crippen LogP contribution in [0, 0.1) is 4.77 Å². The third kappa shape index (κ3) is 2.16. The van der Waals surface area contributed by atoms with E-state index in [4.69, 9.17) is 12.2 Å². The van der Waals surface area contributed by atoms with Crippen molar-refractivity contribution >= 4 is 24.0 Å². The van der Waals surface area contributed by atoms with Crippen molar-refractivity contribution in [3.8, 4) is 5.69 Å². The molecule has 4 rings (SSSR count). The summed E-state index contributed by atoms with van der Waals surface area (Å²) in [5.41, 5.74) is 1.55. The summed E-state index contributed by atoms with van der Waals surface area (Å²) in [7, 11) is 0. The number of hydrogen-bond acceptors (Lipinski definition) is 5. The Kier molecular flexibility index (Phi) is 3.31. The van der Waals surface area contributed by atoms with Gasteiger partial charge in [0.05, 0.1) is 16.8 Å². The minimum Gasteiger partial charge on any atom is -0.269 e. The van der Waals surface area contributed by atoms with Crippen molar-refractivity contribution in [2.45, 2.75) is 6.67 Å². The Balaban J connectivity index is 1.66. The Morgan fingerprint density at radius 3 is 2.04 bits per heavy atom. The van der Waals surface area contributed by atoms with Gasteiger partial charge in [-0.3, -0.25) is 14.5 Å². The smallest absolute Gasteiger partial charge is 0.263 e. The number of aromatic nitrogens is 4. The highest BCUT2D eigenvalue weighted by molar-refractivity contribution is 7.71. The zero-order valence-electron chi connectivity index (χ0n) is 12.4. The van der Waals surface area contributed by atoms with Crippen LogP contribution < -0.4 is 0 Å². The van der Waals surface area contributed by atoms with Crippen molar-refractivity contribution < 1.29 is 9.59 Å². The van der Waals surface area contributed by atoms with E-state index < -0.39 is 0 Å². The predicted octanol–water partition coefficient (Wildman–Crippen LogP) is 2.05. The zero-order valence-corrected chi connectivity index (χ0v) is 13.2. The van der Waals surface area contributed by atoms with Crippen molar-refractivity contribution in [2.75, 3.05) is 0 Å². The summed E-state index contributed by atoms with van der Waals surface area (Å²) in [6.07, 6.45) is 0. The number of tetrazole rings is 1. The van der Waals surface area contributed by atoms with E-state index in [9.17, 15) is 9.59 Å². The van der Waals surface area contributed by atoms with E-state index in [0.29, 0.717) is 15.9 Å². The van der Waals surface area contributed by atoms with Gasteiger partial charge in [-0.2, -0.15) is 9.36 Å². The SMILES string of the molecule is O=C1c2ccccc2C(=O)N1Cn1nnn(-c2ccccc2)c1=S. The van der Waals surface area contributed by atoms with Gasteiger partial charge in [0.1, 0.15) is 6.67 Å². The fourth-order valence-corrected chi connectivity index (χ4v) is 2.83. The summed E-state index contributed by atoms with van der Waals surface area (Å²) in [6.45, 7) is -0.0714. The van der Waals surface area contributed by atoms with Crippen molar-refractivity contribution in [3.05, 3.63) is 70.5 Å². The van der Waals surface area contributed by atoms with Crippen LogP contribution in [-0.4, -0.2) is 36.5 Å². The van der Waals surface area contributed by atoms with E-state index in [2.05, 4.69) is 10.4 Å². The van der Waals surface area contributed by atoms with Crippen LogP contribution in [-0.2, 0) is 6.67 Å². The monoisotopic (exact) mass is 337 g/mol. The van der Waals surface area contributed by atoms with Gasteiger partial charge >= 0.3 is 0 Å². The maximum Gasteiger partial charge on any atom is 0.263 e. The first kappa shape index (κ1) is 14.5. The molecule has 0 unspecified atom stereocenters. The van der Waals surface area contributed by atoms with E-state index in [-0.39, 0.29) is 18.5 Å². The fraction of sp³-hybridized carbons (Fsp3) is 0.0625. The molecule has 0 saturated carbocycles. The summed E-state index contributed by atoms with van der Waals surface area (Å²) in [6, 6.07) is 16.0. The van der Waals surface area contributed by atoms with Gasteiger partial charge in [0.2, 0.25) is 4.77 Å². The molecule has 0 fully saturated rings. The molecule has 0 aliphatic carbocycles. The van der Waals surface area contributed by atoms with E-state index in [0.717, 1.165) is 10.6 Å². The summed E-state index contributed by atoms with van der Waals surface area (Å²) in [5.74, 6) is -0.710. The quantitative estimate of drug-likeness (QED) is 0.540. The van der Waals surface area contributed by atoms with Gasteiger partial charge in [0, 0.05) is 0 Å². The molecule has 1 aliphatic rings. The lowest BCUT2D eigenvalue weighted by atomic mass is 10.1. The second kappa shape index (κ2) is 5.50. The molecule has 1 aliphatic heterocycles. The maximum atomic E-state index is 12.4. The van der Waals surface area contributed by atoms with Crippen molar-refractivity contribution in [1.29, 1.82) is 0 Å². The number of para-hydroxylation sites is 1. The molecule has 1 aromatic heterocycles. The normalized spacial score (nSPS) is 13.4. The zero-order chi connectivity index (χ0) is 16.7. The van der Waals surface area contributed by atoms with Gasteiger partial charge in [-0.25, -0.2) is 0 Å². The molecule has 2 amide bonds. The van der Waals surface area contributed by atoms with Crippen LogP contribution in [0.5, 0.6) is 0 Å². The predicted molar refractivity (Wildman–Crippen MR) is 87.1 cm³/mol. The minimum absolute atomic E-state index is 0.0714. The Labute approximate surface area is 141 Å². The molecular weight excluding hydrogens is 326 g/mol. The Morgan fingerprint density at radius 1 is 0.833 bits per heavy atom. The van der Waals surface area contributed by atoms with Crippen LogP contribution >= 0.6 is 12.2 Å². The second-order valence-corrected chi connectivity index (χ2v) is 5.60. The van der Waals surface area contributed by atoms with Gasteiger partial charge < -0.3 is 0 Å². The molecule has 0 bridgehead atoms. The van der Waals surface area contributed by atoms with Crippen LogP contribution in [0.1, 0.15) is 20.7 Å². The van der Waals surface area contributed by atoms with Crippen molar-refractivity contribution in [1.82, 2.24) is 24.7 Å². The molecule has 3 aromatic rings. The fourth-order valence-electron chi connectivity index (χ4n) is 2.60. The largest absolute Gasteiger partial charge is 0.269 e. The van der Waals surface area contributed by atoms with E-state index in [1.165, 1.54) is 9.36 Å². The van der Waals surface area contributed by atoms with Gasteiger partial charge in [-0.1, -0.05) is 30.3 Å². The summed E-state index contributed by atoms with van der Waals surface area (Å²) in [4.78, 5) is 25.9. The van der Waals surface area contributed by atoms with Crippen LogP contribution in [0.2, 0.25) is 0 Å².